The average Bonchev–Trinajstić information content (AvgIpc) is 3.42. The van der Waals surface area contributed by atoms with Crippen molar-refractivity contribution in [2.24, 2.45) is 0 Å². The van der Waals surface area contributed by atoms with Crippen LogP contribution in [0.15, 0.2) is 29.2 Å². The zero-order chi connectivity index (χ0) is 24.0. The first-order valence-electron chi connectivity index (χ1n) is 11.1. The van der Waals surface area contributed by atoms with E-state index in [0.717, 1.165) is 41.8 Å². The summed E-state index contributed by atoms with van der Waals surface area (Å²) in [6.45, 7) is 3.37. The maximum Gasteiger partial charge on any atom is 0.306 e. The number of nitrogens with zero attached hydrogens (tertiary/aromatic N) is 2. The zero-order valence-electron chi connectivity index (χ0n) is 19.3. The second-order valence-corrected chi connectivity index (χ2v) is 9.09. The quantitative estimate of drug-likeness (QED) is 0.318. The Morgan fingerprint density at radius 1 is 1.15 bits per heavy atom. The van der Waals surface area contributed by atoms with E-state index in [1.54, 1.807) is 23.9 Å². The molecule has 0 spiro atoms. The summed E-state index contributed by atoms with van der Waals surface area (Å²) in [5, 5.41) is 12.4. The first-order chi connectivity index (χ1) is 15.8. The van der Waals surface area contributed by atoms with E-state index in [1.807, 2.05) is 36.8 Å². The average molecular weight is 468 g/mol. The van der Waals surface area contributed by atoms with Crippen LogP contribution in [-0.2, 0) is 14.3 Å². The number of aromatic nitrogens is 1. The standard InChI is InChI=1S/C25H29N3O4S/c1-16-17(2)28(19-6-4-5-7-19)25(21(16)14-26)27-23(30)15-32-24(31)13-12-22(29)18-8-10-20(33-3)11-9-18/h8-11,19H,4-7,12-13,15H2,1-3H3,(H,27,30). The molecule has 7 nitrogen and oxygen atoms in total. The predicted octanol–water partition coefficient (Wildman–Crippen LogP) is 4.96. The molecular weight excluding hydrogens is 438 g/mol. The van der Waals surface area contributed by atoms with Gasteiger partial charge in [-0.1, -0.05) is 25.0 Å². The van der Waals surface area contributed by atoms with Crippen LogP contribution in [0.25, 0.3) is 0 Å². The number of Topliss-reactive ketones (excluding diaryl/α,β-unsaturated/α-hetero) is 1. The summed E-state index contributed by atoms with van der Waals surface area (Å²) in [5.41, 5.74) is 2.80. The number of carbonyl (C=O) groups excluding carboxylic acids is 3. The molecule has 0 bridgehead atoms. The number of nitrogens with one attached hydrogen (secondary N) is 1. The van der Waals surface area contributed by atoms with Gasteiger partial charge in [0.05, 0.1) is 12.0 Å². The molecule has 33 heavy (non-hydrogen) atoms. The van der Waals surface area contributed by atoms with Gasteiger partial charge in [0.25, 0.3) is 5.91 Å². The molecule has 1 fully saturated rings. The van der Waals surface area contributed by atoms with E-state index < -0.39 is 18.5 Å². The normalized spacial score (nSPS) is 13.5. The summed E-state index contributed by atoms with van der Waals surface area (Å²) < 4.78 is 7.12. The Bertz CT molecular complexity index is 1080. The highest BCUT2D eigenvalue weighted by Crippen LogP contribution is 2.37. The summed E-state index contributed by atoms with van der Waals surface area (Å²) in [5.74, 6) is -0.791. The number of anilines is 1. The van der Waals surface area contributed by atoms with Crippen molar-refractivity contribution >= 4 is 35.2 Å². The number of benzene rings is 1. The van der Waals surface area contributed by atoms with Crippen LogP contribution in [0, 0.1) is 25.2 Å². The van der Waals surface area contributed by atoms with Gasteiger partial charge in [-0.2, -0.15) is 5.26 Å². The number of rotatable bonds is 9. The number of esters is 1. The van der Waals surface area contributed by atoms with E-state index in [-0.39, 0.29) is 24.7 Å². The van der Waals surface area contributed by atoms with Gasteiger partial charge in [-0.05, 0) is 50.6 Å². The minimum atomic E-state index is -0.613. The summed E-state index contributed by atoms with van der Waals surface area (Å²) >= 11 is 1.59. The van der Waals surface area contributed by atoms with E-state index in [1.165, 1.54) is 0 Å². The van der Waals surface area contributed by atoms with Crippen molar-refractivity contribution < 1.29 is 19.1 Å². The first-order valence-corrected chi connectivity index (χ1v) is 12.3. The van der Waals surface area contributed by atoms with Gasteiger partial charge in [0.2, 0.25) is 0 Å². The van der Waals surface area contributed by atoms with Crippen LogP contribution in [0.5, 0.6) is 0 Å². The number of hydrogen-bond acceptors (Lipinski definition) is 6. The highest BCUT2D eigenvalue weighted by molar-refractivity contribution is 7.98. The minimum absolute atomic E-state index is 0.0145. The molecule has 3 rings (SSSR count). The van der Waals surface area contributed by atoms with Crippen molar-refractivity contribution in [3.05, 3.63) is 46.6 Å². The molecule has 1 N–H and O–H groups in total. The molecule has 1 aliphatic rings. The second kappa shape index (κ2) is 11.2. The molecule has 8 heteroatoms. The van der Waals surface area contributed by atoms with Crippen LogP contribution in [0.2, 0.25) is 0 Å². The van der Waals surface area contributed by atoms with Crippen LogP contribution in [0.4, 0.5) is 5.82 Å². The predicted molar refractivity (Wildman–Crippen MR) is 128 cm³/mol. The third kappa shape index (κ3) is 5.85. The highest BCUT2D eigenvalue weighted by atomic mass is 32.2. The number of nitriles is 1. The lowest BCUT2D eigenvalue weighted by atomic mass is 10.1. The maximum atomic E-state index is 12.5. The first kappa shape index (κ1) is 24.6. The van der Waals surface area contributed by atoms with Gasteiger partial charge < -0.3 is 14.6 Å². The van der Waals surface area contributed by atoms with Crippen molar-refractivity contribution in [2.75, 3.05) is 18.2 Å². The Morgan fingerprint density at radius 2 is 1.82 bits per heavy atom. The topological polar surface area (TPSA) is 101 Å². The van der Waals surface area contributed by atoms with Gasteiger partial charge in [-0.3, -0.25) is 14.4 Å². The van der Waals surface area contributed by atoms with Crippen molar-refractivity contribution in [1.29, 1.82) is 5.26 Å². The van der Waals surface area contributed by atoms with Crippen molar-refractivity contribution in [3.8, 4) is 6.07 Å². The molecule has 0 radical (unpaired) electrons. The fraction of sp³-hybridized carbons (Fsp3) is 0.440. The Kier molecular flexibility index (Phi) is 8.34. The molecule has 1 aromatic carbocycles. The SMILES string of the molecule is CSc1ccc(C(=O)CCC(=O)OCC(=O)Nc2c(C#N)c(C)c(C)n2C2CCCC2)cc1. The van der Waals surface area contributed by atoms with Gasteiger partial charge in [0.15, 0.2) is 12.4 Å². The van der Waals surface area contributed by atoms with Gasteiger partial charge in [-0.15, -0.1) is 11.8 Å². The molecular formula is C25H29N3O4S. The van der Waals surface area contributed by atoms with E-state index in [9.17, 15) is 19.6 Å². The van der Waals surface area contributed by atoms with Crippen molar-refractivity contribution in [1.82, 2.24) is 4.57 Å². The van der Waals surface area contributed by atoms with Gasteiger partial charge in [-0.25, -0.2) is 0 Å². The third-order valence-electron chi connectivity index (χ3n) is 6.15. The van der Waals surface area contributed by atoms with Crippen LogP contribution in [0.1, 0.15) is 71.7 Å². The fourth-order valence-corrected chi connectivity index (χ4v) is 4.64. The number of hydrogen-bond donors (Lipinski definition) is 1. The van der Waals surface area contributed by atoms with Crippen LogP contribution < -0.4 is 5.32 Å². The van der Waals surface area contributed by atoms with Gasteiger partial charge in [0, 0.05) is 28.6 Å². The van der Waals surface area contributed by atoms with E-state index in [4.69, 9.17) is 4.74 Å². The lowest BCUT2D eigenvalue weighted by molar-refractivity contribution is -0.147. The number of amides is 1. The molecule has 1 aliphatic carbocycles. The second-order valence-electron chi connectivity index (χ2n) is 8.21. The van der Waals surface area contributed by atoms with Gasteiger partial charge >= 0.3 is 5.97 Å². The lowest BCUT2D eigenvalue weighted by Crippen LogP contribution is -2.24. The fourth-order valence-electron chi connectivity index (χ4n) is 4.23. The third-order valence-corrected chi connectivity index (χ3v) is 6.89. The van der Waals surface area contributed by atoms with Gasteiger partial charge in [0.1, 0.15) is 11.9 Å². The molecule has 0 saturated heterocycles. The van der Waals surface area contributed by atoms with Crippen LogP contribution >= 0.6 is 11.8 Å². The number of carbonyl (C=O) groups is 3. The Hall–Kier alpha value is -3.05. The Labute approximate surface area is 198 Å². The van der Waals surface area contributed by atoms with E-state index in [2.05, 4.69) is 11.4 Å². The number of ether oxygens (including phenoxy) is 1. The van der Waals surface area contributed by atoms with E-state index in [0.29, 0.717) is 16.9 Å². The molecule has 1 heterocycles. The van der Waals surface area contributed by atoms with Crippen molar-refractivity contribution in [2.45, 2.75) is 63.3 Å². The number of ketones is 1. The smallest absolute Gasteiger partial charge is 0.306 e. The lowest BCUT2D eigenvalue weighted by Gasteiger charge is -2.19. The largest absolute Gasteiger partial charge is 0.456 e. The summed E-state index contributed by atoms with van der Waals surface area (Å²) in [6, 6.07) is 9.64. The molecule has 0 atom stereocenters. The monoisotopic (exact) mass is 467 g/mol. The Balaban J connectivity index is 1.55. The zero-order valence-corrected chi connectivity index (χ0v) is 20.1. The molecule has 0 aliphatic heterocycles. The molecule has 1 saturated carbocycles. The molecule has 0 unspecified atom stereocenters. The highest BCUT2D eigenvalue weighted by Gasteiger charge is 2.27. The van der Waals surface area contributed by atoms with E-state index >= 15 is 0 Å². The summed E-state index contributed by atoms with van der Waals surface area (Å²) in [6.07, 6.45) is 6.12. The molecule has 174 valence electrons. The van der Waals surface area contributed by atoms with Crippen LogP contribution in [-0.4, -0.2) is 35.1 Å². The number of thioether (sulfide) groups is 1. The molecule has 2 aromatic rings. The molecule has 1 aromatic heterocycles. The van der Waals surface area contributed by atoms with Crippen LogP contribution in [0.3, 0.4) is 0 Å². The van der Waals surface area contributed by atoms with Crippen molar-refractivity contribution in [3.63, 3.8) is 0 Å². The Morgan fingerprint density at radius 3 is 2.42 bits per heavy atom. The summed E-state index contributed by atoms with van der Waals surface area (Å²) in [4.78, 5) is 37.9. The minimum Gasteiger partial charge on any atom is -0.456 e. The maximum absolute atomic E-state index is 12.5. The summed E-state index contributed by atoms with van der Waals surface area (Å²) in [7, 11) is 0. The molecule has 1 amide bonds.